The molecule has 0 fully saturated rings. The number of fused-ring (bicyclic) bond motifs is 1. The van der Waals surface area contributed by atoms with Gasteiger partial charge in [0.15, 0.2) is 5.58 Å². The molecule has 1 heterocycles. The summed E-state index contributed by atoms with van der Waals surface area (Å²) in [4.78, 5) is 4.20. The van der Waals surface area contributed by atoms with Gasteiger partial charge in [-0.1, -0.05) is 25.5 Å². The highest BCUT2D eigenvalue weighted by Crippen LogP contribution is 2.19. The fraction of sp³-hybridized carbons (Fsp3) is 0.364. The molecule has 1 aromatic heterocycles. The molecule has 0 unspecified atom stereocenters. The second-order valence-electron chi connectivity index (χ2n) is 3.15. The van der Waals surface area contributed by atoms with Gasteiger partial charge in [-0.3, -0.25) is 0 Å². The van der Waals surface area contributed by atoms with E-state index in [2.05, 4.69) is 11.9 Å². The number of para-hydroxylation sites is 2. The lowest BCUT2D eigenvalue weighted by atomic mass is 10.3. The van der Waals surface area contributed by atoms with Gasteiger partial charge in [0.25, 0.3) is 0 Å². The van der Waals surface area contributed by atoms with E-state index < -0.39 is 0 Å². The molecule has 0 saturated heterocycles. The standard InChI is InChI=1S/C11H13NO2/c1-2-3-8-13-11-12-9-6-4-5-7-10(9)14-11/h4-7H,2-3,8H2,1H3. The number of ether oxygens (including phenoxy) is 1. The number of nitrogens with zero attached hydrogens (tertiary/aromatic N) is 1. The van der Waals surface area contributed by atoms with Crippen LogP contribution in [0, 0.1) is 0 Å². The Morgan fingerprint density at radius 3 is 3.00 bits per heavy atom. The van der Waals surface area contributed by atoms with Gasteiger partial charge in [-0.25, -0.2) is 0 Å². The molecular weight excluding hydrogens is 178 g/mol. The third kappa shape index (κ3) is 1.87. The molecule has 2 rings (SSSR count). The largest absolute Gasteiger partial charge is 0.450 e. The van der Waals surface area contributed by atoms with Crippen molar-refractivity contribution in [1.82, 2.24) is 4.98 Å². The van der Waals surface area contributed by atoms with Crippen LogP contribution in [-0.2, 0) is 0 Å². The summed E-state index contributed by atoms with van der Waals surface area (Å²) in [5.41, 5.74) is 1.62. The summed E-state index contributed by atoms with van der Waals surface area (Å²) in [6.45, 7) is 2.79. The SMILES string of the molecule is CCCCOc1nc2ccccc2o1. The third-order valence-corrected chi connectivity index (χ3v) is 2.00. The minimum atomic E-state index is 0.375. The molecule has 1 aromatic carbocycles. The van der Waals surface area contributed by atoms with Crippen LogP contribution < -0.4 is 4.74 Å². The maximum atomic E-state index is 5.38. The van der Waals surface area contributed by atoms with Crippen molar-refractivity contribution in [2.75, 3.05) is 6.61 Å². The molecule has 0 saturated carbocycles. The van der Waals surface area contributed by atoms with Crippen LogP contribution in [0.4, 0.5) is 0 Å². The number of benzene rings is 1. The quantitative estimate of drug-likeness (QED) is 0.697. The van der Waals surface area contributed by atoms with Gasteiger partial charge in [-0.2, -0.15) is 4.98 Å². The minimum Gasteiger partial charge on any atom is -0.450 e. The van der Waals surface area contributed by atoms with Crippen molar-refractivity contribution in [2.24, 2.45) is 0 Å². The van der Waals surface area contributed by atoms with Gasteiger partial charge in [-0.05, 0) is 18.6 Å². The van der Waals surface area contributed by atoms with Crippen molar-refractivity contribution in [3.63, 3.8) is 0 Å². The second kappa shape index (κ2) is 4.13. The van der Waals surface area contributed by atoms with E-state index in [1.807, 2.05) is 24.3 Å². The van der Waals surface area contributed by atoms with Crippen LogP contribution >= 0.6 is 0 Å². The molecule has 2 aromatic rings. The van der Waals surface area contributed by atoms with Crippen LogP contribution in [-0.4, -0.2) is 11.6 Å². The molecule has 0 spiro atoms. The molecule has 74 valence electrons. The maximum absolute atomic E-state index is 5.38. The Morgan fingerprint density at radius 2 is 2.21 bits per heavy atom. The van der Waals surface area contributed by atoms with E-state index in [0.29, 0.717) is 12.7 Å². The van der Waals surface area contributed by atoms with Crippen molar-refractivity contribution in [3.8, 4) is 6.08 Å². The zero-order valence-electron chi connectivity index (χ0n) is 8.19. The Labute approximate surface area is 82.7 Å². The summed E-state index contributed by atoms with van der Waals surface area (Å²) in [6.07, 6.45) is 2.51. The normalized spacial score (nSPS) is 10.6. The minimum absolute atomic E-state index is 0.375. The first kappa shape index (κ1) is 9.06. The highest BCUT2D eigenvalue weighted by molar-refractivity contribution is 5.72. The van der Waals surface area contributed by atoms with E-state index in [4.69, 9.17) is 9.15 Å². The number of aromatic nitrogens is 1. The molecule has 3 heteroatoms. The van der Waals surface area contributed by atoms with E-state index >= 15 is 0 Å². The average molecular weight is 191 g/mol. The molecule has 0 aliphatic carbocycles. The summed E-state index contributed by atoms with van der Waals surface area (Å²) in [7, 11) is 0. The summed E-state index contributed by atoms with van der Waals surface area (Å²) in [5.74, 6) is 0. The highest BCUT2D eigenvalue weighted by atomic mass is 16.6. The van der Waals surface area contributed by atoms with E-state index in [0.717, 1.165) is 23.9 Å². The summed E-state index contributed by atoms with van der Waals surface area (Å²) >= 11 is 0. The summed E-state index contributed by atoms with van der Waals surface area (Å²) in [5, 5.41) is 0. The van der Waals surface area contributed by atoms with E-state index in [1.165, 1.54) is 0 Å². The third-order valence-electron chi connectivity index (χ3n) is 2.00. The van der Waals surface area contributed by atoms with Gasteiger partial charge in [0.2, 0.25) is 0 Å². The van der Waals surface area contributed by atoms with Crippen molar-refractivity contribution in [1.29, 1.82) is 0 Å². The number of rotatable bonds is 4. The van der Waals surface area contributed by atoms with Crippen LogP contribution in [0.2, 0.25) is 0 Å². The fourth-order valence-electron chi connectivity index (χ4n) is 1.22. The lowest BCUT2D eigenvalue weighted by Crippen LogP contribution is -1.95. The molecule has 0 radical (unpaired) electrons. The van der Waals surface area contributed by atoms with Crippen LogP contribution in [0.15, 0.2) is 28.7 Å². The van der Waals surface area contributed by atoms with E-state index in [9.17, 15) is 0 Å². The zero-order chi connectivity index (χ0) is 9.80. The summed E-state index contributed by atoms with van der Waals surface area (Å²) < 4.78 is 10.7. The molecule has 3 nitrogen and oxygen atoms in total. The molecule has 0 amide bonds. The second-order valence-corrected chi connectivity index (χ2v) is 3.15. The van der Waals surface area contributed by atoms with Gasteiger partial charge in [0, 0.05) is 0 Å². The maximum Gasteiger partial charge on any atom is 0.394 e. The zero-order valence-corrected chi connectivity index (χ0v) is 8.19. The van der Waals surface area contributed by atoms with Crippen molar-refractivity contribution in [2.45, 2.75) is 19.8 Å². The van der Waals surface area contributed by atoms with Crippen LogP contribution in [0.25, 0.3) is 11.1 Å². The fourth-order valence-corrected chi connectivity index (χ4v) is 1.22. The number of hydrogen-bond donors (Lipinski definition) is 0. The molecule has 0 N–H and O–H groups in total. The van der Waals surface area contributed by atoms with Gasteiger partial charge in [0.05, 0.1) is 6.61 Å². The van der Waals surface area contributed by atoms with Gasteiger partial charge < -0.3 is 9.15 Å². The van der Waals surface area contributed by atoms with Gasteiger partial charge in [0.1, 0.15) is 5.52 Å². The van der Waals surface area contributed by atoms with Gasteiger partial charge >= 0.3 is 6.08 Å². The monoisotopic (exact) mass is 191 g/mol. The molecular formula is C11H13NO2. The Hall–Kier alpha value is -1.51. The first-order chi connectivity index (χ1) is 6.90. The Morgan fingerprint density at radius 1 is 1.36 bits per heavy atom. The predicted molar refractivity (Wildman–Crippen MR) is 54.4 cm³/mol. The average Bonchev–Trinajstić information content (AvgIpc) is 2.60. The smallest absolute Gasteiger partial charge is 0.394 e. The Kier molecular flexibility index (Phi) is 2.68. The van der Waals surface area contributed by atoms with E-state index in [1.54, 1.807) is 0 Å². The number of hydrogen-bond acceptors (Lipinski definition) is 3. The molecule has 0 aliphatic heterocycles. The first-order valence-corrected chi connectivity index (χ1v) is 4.88. The first-order valence-electron chi connectivity index (χ1n) is 4.88. The van der Waals surface area contributed by atoms with Crippen molar-refractivity contribution >= 4 is 11.1 Å². The highest BCUT2D eigenvalue weighted by Gasteiger charge is 2.04. The predicted octanol–water partition coefficient (Wildman–Crippen LogP) is 3.01. The van der Waals surface area contributed by atoms with Crippen molar-refractivity contribution < 1.29 is 9.15 Å². The number of unbranched alkanes of at least 4 members (excludes halogenated alkanes) is 1. The molecule has 0 bridgehead atoms. The Bertz CT molecular complexity index is 375. The summed E-state index contributed by atoms with van der Waals surface area (Å²) in [6, 6.07) is 7.64. The topological polar surface area (TPSA) is 35.3 Å². The van der Waals surface area contributed by atoms with Gasteiger partial charge in [-0.15, -0.1) is 0 Å². The molecule has 0 aliphatic rings. The van der Waals surface area contributed by atoms with Crippen LogP contribution in [0.1, 0.15) is 19.8 Å². The number of oxazole rings is 1. The lowest BCUT2D eigenvalue weighted by molar-refractivity contribution is 0.232. The Balaban J connectivity index is 2.11. The van der Waals surface area contributed by atoms with E-state index in [-0.39, 0.29) is 0 Å². The lowest BCUT2D eigenvalue weighted by Gasteiger charge is -1.96. The van der Waals surface area contributed by atoms with Crippen molar-refractivity contribution in [3.05, 3.63) is 24.3 Å². The van der Waals surface area contributed by atoms with Crippen LogP contribution in [0.5, 0.6) is 6.08 Å². The molecule has 0 atom stereocenters. The molecule has 14 heavy (non-hydrogen) atoms. The van der Waals surface area contributed by atoms with Crippen LogP contribution in [0.3, 0.4) is 0 Å².